The average Bonchev–Trinajstić information content (AvgIpc) is 2.27. The molecule has 0 radical (unpaired) electrons. The van der Waals surface area contributed by atoms with E-state index in [1.54, 1.807) is 18.2 Å². The molecule has 0 heterocycles. The number of carbonyl (C=O) groups is 1. The van der Waals surface area contributed by atoms with Crippen LogP contribution in [0.1, 0.15) is 9.68 Å². The molecule has 0 saturated carbocycles. The molecule has 0 aromatic heterocycles. The molecule has 0 atom stereocenters. The number of benzene rings is 2. The third-order valence-corrected chi connectivity index (χ3v) is 2.40. The fourth-order valence-electron chi connectivity index (χ4n) is 1.69. The van der Waals surface area contributed by atoms with E-state index in [0.717, 1.165) is 5.39 Å². The number of aliphatic carboxylic acids is 1. The van der Waals surface area contributed by atoms with E-state index in [2.05, 4.69) is 0 Å². The third-order valence-electron chi connectivity index (χ3n) is 2.40. The van der Waals surface area contributed by atoms with Crippen molar-refractivity contribution < 1.29 is 48.3 Å². The maximum Gasteiger partial charge on any atom is 1.00 e. The number of carboxylic acids is 1. The van der Waals surface area contributed by atoms with Gasteiger partial charge in [-0.15, -0.1) is 0 Å². The minimum Gasteiger partial charge on any atom is -0.550 e. The predicted molar refractivity (Wildman–Crippen MR) is 59.2 cm³/mol. The number of rotatable bonds is 3. The van der Waals surface area contributed by atoms with E-state index >= 15 is 0 Å². The SMILES string of the molecule is [2H]C([2H])([2H])Oc1ccc2cccc(CC(=O)[O-])c2c1.[Na+]. The Kier molecular flexibility index (Phi) is 3.54. The van der Waals surface area contributed by atoms with Crippen molar-refractivity contribution in [3.05, 3.63) is 42.0 Å². The Balaban J connectivity index is 0.00000200. The molecule has 2 aromatic rings. The van der Waals surface area contributed by atoms with Crippen LogP contribution in [0.3, 0.4) is 0 Å². The van der Waals surface area contributed by atoms with Gasteiger partial charge in [0.25, 0.3) is 0 Å². The minimum atomic E-state index is -2.53. The molecule has 0 N–H and O–H groups in total. The maximum atomic E-state index is 10.7. The first-order valence-corrected chi connectivity index (χ1v) is 4.76. The van der Waals surface area contributed by atoms with Crippen molar-refractivity contribution in [2.24, 2.45) is 0 Å². The number of carboxylic acid groups (broad SMARTS) is 1. The van der Waals surface area contributed by atoms with Crippen LogP contribution < -0.4 is 39.4 Å². The second kappa shape index (κ2) is 6.05. The number of hydrogen-bond acceptors (Lipinski definition) is 3. The van der Waals surface area contributed by atoms with E-state index in [9.17, 15) is 9.90 Å². The van der Waals surface area contributed by atoms with Gasteiger partial charge in [-0.05, 0) is 28.5 Å². The van der Waals surface area contributed by atoms with Crippen LogP contribution in [-0.2, 0) is 11.2 Å². The Morgan fingerprint density at radius 3 is 2.94 bits per heavy atom. The summed E-state index contributed by atoms with van der Waals surface area (Å²) in [6.07, 6.45) is -0.228. The molecule has 0 spiro atoms. The molecule has 2 rings (SSSR count). The van der Waals surface area contributed by atoms with E-state index in [0.29, 0.717) is 10.9 Å². The number of methoxy groups -OCH3 is 1. The summed E-state index contributed by atoms with van der Waals surface area (Å²) in [5.41, 5.74) is 0.563. The second-order valence-electron chi connectivity index (χ2n) is 3.45. The first-order chi connectivity index (χ1) is 8.85. The summed E-state index contributed by atoms with van der Waals surface area (Å²) in [5, 5.41) is 12.2. The molecule has 82 valence electrons. The topological polar surface area (TPSA) is 49.4 Å². The Morgan fingerprint density at radius 2 is 2.24 bits per heavy atom. The summed E-state index contributed by atoms with van der Waals surface area (Å²) in [6.45, 7) is 0. The second-order valence-corrected chi connectivity index (χ2v) is 3.45. The molecule has 0 saturated heterocycles. The minimum absolute atomic E-state index is 0. The van der Waals surface area contributed by atoms with Gasteiger partial charge in [0.2, 0.25) is 0 Å². The standard InChI is InChI=1S/C13H12O3.Na/c1-16-11-6-5-9-3-2-4-10(7-13(14)15)12(9)8-11;/h2-6,8H,7H2,1H3,(H,14,15);/q;+1/p-1/i1D3;. The van der Waals surface area contributed by atoms with Crippen molar-refractivity contribution in [3.8, 4) is 5.75 Å². The summed E-state index contributed by atoms with van der Waals surface area (Å²) >= 11 is 0. The Hall–Kier alpha value is -1.03. The van der Waals surface area contributed by atoms with Gasteiger partial charge < -0.3 is 14.6 Å². The number of carbonyl (C=O) groups excluding carboxylic acids is 1. The molecule has 0 aliphatic rings. The van der Waals surface area contributed by atoms with Crippen LogP contribution >= 0.6 is 0 Å². The van der Waals surface area contributed by atoms with Gasteiger partial charge in [-0.2, -0.15) is 0 Å². The molecule has 0 fully saturated rings. The van der Waals surface area contributed by atoms with E-state index in [4.69, 9.17) is 8.85 Å². The van der Waals surface area contributed by atoms with Gasteiger partial charge in [-0.1, -0.05) is 24.3 Å². The Morgan fingerprint density at radius 1 is 1.41 bits per heavy atom. The van der Waals surface area contributed by atoms with E-state index < -0.39 is 13.0 Å². The monoisotopic (exact) mass is 241 g/mol. The molecular weight excluding hydrogens is 227 g/mol. The van der Waals surface area contributed by atoms with Gasteiger partial charge >= 0.3 is 29.6 Å². The van der Waals surface area contributed by atoms with Gasteiger partial charge in [0.1, 0.15) is 5.75 Å². The summed E-state index contributed by atoms with van der Waals surface area (Å²) in [4.78, 5) is 10.7. The molecule has 0 unspecified atom stereocenters. The first kappa shape index (κ1) is 9.95. The third kappa shape index (κ3) is 3.22. The van der Waals surface area contributed by atoms with Gasteiger partial charge in [0, 0.05) is 12.4 Å². The summed E-state index contributed by atoms with van der Waals surface area (Å²) < 4.78 is 26.0. The normalized spacial score (nSPS) is 13.1. The van der Waals surface area contributed by atoms with Crippen LogP contribution in [-0.4, -0.2) is 13.0 Å². The van der Waals surface area contributed by atoms with Crippen LogP contribution in [0, 0.1) is 0 Å². The maximum absolute atomic E-state index is 10.7. The van der Waals surface area contributed by atoms with Crippen molar-refractivity contribution >= 4 is 16.7 Å². The van der Waals surface area contributed by atoms with Crippen LogP contribution in [0.25, 0.3) is 10.8 Å². The fourth-order valence-corrected chi connectivity index (χ4v) is 1.69. The van der Waals surface area contributed by atoms with Crippen LogP contribution in [0.2, 0.25) is 0 Å². The van der Waals surface area contributed by atoms with Crippen molar-refractivity contribution in [2.45, 2.75) is 6.42 Å². The van der Waals surface area contributed by atoms with E-state index in [1.165, 1.54) is 12.1 Å². The average molecular weight is 241 g/mol. The molecule has 3 nitrogen and oxygen atoms in total. The zero-order chi connectivity index (χ0) is 14.0. The summed E-state index contributed by atoms with van der Waals surface area (Å²) in [6, 6.07) is 9.97. The van der Waals surface area contributed by atoms with Crippen molar-refractivity contribution in [1.29, 1.82) is 0 Å². The molecule has 0 amide bonds. The van der Waals surface area contributed by atoms with E-state index in [-0.39, 0.29) is 41.7 Å². The van der Waals surface area contributed by atoms with Gasteiger partial charge in [0.05, 0.1) is 11.2 Å². The molecule has 0 bridgehead atoms. The quantitative estimate of drug-likeness (QED) is 0.592. The van der Waals surface area contributed by atoms with Crippen molar-refractivity contribution in [3.63, 3.8) is 0 Å². The van der Waals surface area contributed by atoms with Gasteiger partial charge in [0.15, 0.2) is 0 Å². The number of hydrogen-bond donors (Lipinski definition) is 0. The molecule has 2 aromatic carbocycles. The molecule has 4 heteroatoms. The Bertz CT molecular complexity index is 626. The number of ether oxygens (including phenoxy) is 1. The van der Waals surface area contributed by atoms with Crippen molar-refractivity contribution in [1.82, 2.24) is 0 Å². The molecule has 0 aliphatic heterocycles. The first-order valence-electron chi connectivity index (χ1n) is 6.26. The smallest absolute Gasteiger partial charge is 0.550 e. The summed E-state index contributed by atoms with van der Waals surface area (Å²) in [7, 11) is -2.53. The molecule has 0 aliphatic carbocycles. The van der Waals surface area contributed by atoms with Crippen LogP contribution in [0.4, 0.5) is 0 Å². The number of fused-ring (bicyclic) bond motifs is 1. The van der Waals surface area contributed by atoms with Gasteiger partial charge in [-0.25, -0.2) is 0 Å². The summed E-state index contributed by atoms with van der Waals surface area (Å²) in [5.74, 6) is -1.01. The van der Waals surface area contributed by atoms with Gasteiger partial charge in [-0.3, -0.25) is 0 Å². The molecule has 17 heavy (non-hydrogen) atoms. The Labute approximate surface area is 126 Å². The predicted octanol–water partition coefficient (Wildman–Crippen LogP) is -1.86. The largest absolute Gasteiger partial charge is 1.00 e. The zero-order valence-corrected chi connectivity index (χ0v) is 11.4. The molecular formula is C13H11NaO3. The van der Waals surface area contributed by atoms with Crippen LogP contribution in [0.15, 0.2) is 36.4 Å². The zero-order valence-electron chi connectivity index (χ0n) is 12.4. The van der Waals surface area contributed by atoms with E-state index in [1.807, 2.05) is 6.07 Å². The van der Waals surface area contributed by atoms with Crippen molar-refractivity contribution in [2.75, 3.05) is 7.04 Å². The van der Waals surface area contributed by atoms with Crippen LogP contribution in [0.5, 0.6) is 5.75 Å². The fraction of sp³-hybridized carbons (Fsp3) is 0.154.